The lowest BCUT2D eigenvalue weighted by molar-refractivity contribution is 0.0476. The number of ether oxygens (including phenoxy) is 1. The van der Waals surface area contributed by atoms with E-state index in [2.05, 4.69) is 9.71 Å². The first-order valence-corrected chi connectivity index (χ1v) is 12.0. The fraction of sp³-hybridized carbons (Fsp3) is 0.250. The van der Waals surface area contributed by atoms with Gasteiger partial charge in [0, 0.05) is 23.3 Å². The topological polar surface area (TPSA) is 127 Å². The van der Waals surface area contributed by atoms with Gasteiger partial charge in [-0.2, -0.15) is 0 Å². The van der Waals surface area contributed by atoms with Gasteiger partial charge in [-0.05, 0) is 49.7 Å². The second-order valence-electron chi connectivity index (χ2n) is 6.80. The average Bonchev–Trinajstić information content (AvgIpc) is 3.31. The van der Waals surface area contributed by atoms with Gasteiger partial charge in [0.25, 0.3) is 0 Å². The first-order valence-electron chi connectivity index (χ1n) is 9.25. The number of esters is 1. The van der Waals surface area contributed by atoms with Crippen LogP contribution in [0.15, 0.2) is 47.4 Å². The van der Waals surface area contributed by atoms with E-state index in [9.17, 15) is 22.8 Å². The summed E-state index contributed by atoms with van der Waals surface area (Å²) in [5.41, 5.74) is 1.32. The van der Waals surface area contributed by atoms with Crippen LogP contribution in [0.4, 0.5) is 0 Å². The van der Waals surface area contributed by atoms with Crippen molar-refractivity contribution < 1.29 is 22.7 Å². The van der Waals surface area contributed by atoms with Gasteiger partial charge >= 0.3 is 11.7 Å². The van der Waals surface area contributed by atoms with Crippen LogP contribution in [0.25, 0.3) is 5.69 Å². The summed E-state index contributed by atoms with van der Waals surface area (Å²) in [5.74, 6) is -0.987. The number of rotatable bonds is 9. The highest BCUT2D eigenvalue weighted by atomic mass is 32.2. The van der Waals surface area contributed by atoms with E-state index in [1.807, 2.05) is 0 Å². The Balaban J connectivity index is 1.55. The van der Waals surface area contributed by atoms with Crippen molar-refractivity contribution in [3.63, 3.8) is 0 Å². The quantitative estimate of drug-likeness (QED) is 0.367. The summed E-state index contributed by atoms with van der Waals surface area (Å²) in [5, 5.41) is 0. The first-order chi connectivity index (χ1) is 14.6. The van der Waals surface area contributed by atoms with Gasteiger partial charge < -0.3 is 9.72 Å². The van der Waals surface area contributed by atoms with Crippen molar-refractivity contribution in [1.29, 1.82) is 0 Å². The zero-order chi connectivity index (χ0) is 22.6. The SMILES string of the molecule is Cc1c[nH]c(=O)n1-c1ccc(C(=O)OCC(=O)c2ccc(CCNS(C)(=O)=O)s2)cc1. The highest BCUT2D eigenvalue weighted by Gasteiger charge is 2.15. The van der Waals surface area contributed by atoms with Gasteiger partial charge in [0.15, 0.2) is 6.61 Å². The van der Waals surface area contributed by atoms with Crippen LogP contribution in [-0.4, -0.2) is 49.1 Å². The Morgan fingerprint density at radius 3 is 2.48 bits per heavy atom. The molecule has 0 saturated heterocycles. The predicted molar refractivity (Wildman–Crippen MR) is 117 cm³/mol. The molecule has 3 aromatic rings. The number of benzene rings is 1. The molecule has 2 N–H and O–H groups in total. The van der Waals surface area contributed by atoms with Crippen LogP contribution in [0, 0.1) is 6.92 Å². The van der Waals surface area contributed by atoms with Crippen LogP contribution in [0.3, 0.4) is 0 Å². The van der Waals surface area contributed by atoms with Gasteiger partial charge in [-0.3, -0.25) is 9.36 Å². The van der Waals surface area contributed by atoms with Crippen LogP contribution in [0.5, 0.6) is 0 Å². The summed E-state index contributed by atoms with van der Waals surface area (Å²) >= 11 is 1.23. The number of hydrogen-bond donors (Lipinski definition) is 2. The fourth-order valence-electron chi connectivity index (χ4n) is 2.83. The molecule has 0 spiro atoms. The lowest BCUT2D eigenvalue weighted by Crippen LogP contribution is -2.24. The van der Waals surface area contributed by atoms with E-state index in [1.165, 1.54) is 28.0 Å². The van der Waals surface area contributed by atoms with Gasteiger partial charge in [0.05, 0.1) is 22.4 Å². The molecule has 164 valence electrons. The Hall–Kier alpha value is -3.02. The summed E-state index contributed by atoms with van der Waals surface area (Å²) in [6.45, 7) is 1.62. The van der Waals surface area contributed by atoms with Gasteiger partial charge in [-0.15, -0.1) is 11.3 Å². The molecule has 31 heavy (non-hydrogen) atoms. The van der Waals surface area contributed by atoms with Gasteiger partial charge in [0.1, 0.15) is 0 Å². The predicted octanol–water partition coefficient (Wildman–Crippen LogP) is 1.67. The zero-order valence-corrected chi connectivity index (χ0v) is 18.5. The van der Waals surface area contributed by atoms with Crippen molar-refractivity contribution in [2.75, 3.05) is 19.4 Å². The molecule has 2 aromatic heterocycles. The van der Waals surface area contributed by atoms with E-state index in [1.54, 1.807) is 37.4 Å². The molecule has 0 atom stereocenters. The third-order valence-corrected chi connectivity index (χ3v) is 6.24. The van der Waals surface area contributed by atoms with Gasteiger partial charge in [0.2, 0.25) is 15.8 Å². The van der Waals surface area contributed by atoms with E-state index in [4.69, 9.17) is 4.74 Å². The van der Waals surface area contributed by atoms with Crippen molar-refractivity contribution in [3.8, 4) is 5.69 Å². The molecular formula is C20H21N3O6S2. The summed E-state index contributed by atoms with van der Waals surface area (Å²) in [4.78, 5) is 40.2. The Morgan fingerprint density at radius 2 is 1.87 bits per heavy atom. The summed E-state index contributed by atoms with van der Waals surface area (Å²) in [6.07, 6.45) is 3.13. The maximum atomic E-state index is 12.3. The molecule has 0 aliphatic heterocycles. The molecule has 0 aliphatic rings. The highest BCUT2D eigenvalue weighted by molar-refractivity contribution is 7.88. The number of carbonyl (C=O) groups excluding carboxylic acids is 2. The van der Waals surface area contributed by atoms with Crippen molar-refractivity contribution >= 4 is 33.1 Å². The second kappa shape index (κ2) is 9.41. The number of aromatic amines is 1. The molecule has 0 fully saturated rings. The standard InChI is InChI=1S/C20H21N3O6S2/c1-13-11-21-20(26)23(13)15-5-3-14(4-6-15)19(25)29-12-17(24)18-8-7-16(30-18)9-10-22-31(2,27)28/h3-8,11,22H,9-10,12H2,1-2H3,(H,21,26). The second-order valence-corrected chi connectivity index (χ2v) is 9.80. The number of aryl methyl sites for hydroxylation is 1. The van der Waals surface area contributed by atoms with E-state index in [-0.39, 0.29) is 23.6 Å². The largest absolute Gasteiger partial charge is 0.454 e. The van der Waals surface area contributed by atoms with E-state index >= 15 is 0 Å². The Kier molecular flexibility index (Phi) is 6.88. The normalized spacial score (nSPS) is 11.4. The first kappa shape index (κ1) is 22.7. The zero-order valence-electron chi connectivity index (χ0n) is 16.9. The smallest absolute Gasteiger partial charge is 0.338 e. The van der Waals surface area contributed by atoms with Gasteiger partial charge in [-0.1, -0.05) is 0 Å². The molecule has 1 aromatic carbocycles. The number of thiophene rings is 1. The van der Waals surface area contributed by atoms with Crippen LogP contribution < -0.4 is 10.4 Å². The van der Waals surface area contributed by atoms with Crippen LogP contribution >= 0.6 is 11.3 Å². The Morgan fingerprint density at radius 1 is 1.16 bits per heavy atom. The molecule has 11 heteroatoms. The van der Waals surface area contributed by atoms with Crippen molar-refractivity contribution in [1.82, 2.24) is 14.3 Å². The maximum absolute atomic E-state index is 12.3. The lowest BCUT2D eigenvalue weighted by atomic mass is 10.2. The van der Waals surface area contributed by atoms with Crippen LogP contribution in [0.1, 0.15) is 30.6 Å². The number of H-pyrrole nitrogens is 1. The number of Topliss-reactive ketones (excluding diaryl/α,β-unsaturated/α-hetero) is 1. The van der Waals surface area contributed by atoms with Crippen molar-refractivity contribution in [3.05, 3.63) is 74.1 Å². The number of aromatic nitrogens is 2. The third-order valence-electron chi connectivity index (χ3n) is 4.33. The highest BCUT2D eigenvalue weighted by Crippen LogP contribution is 2.18. The number of imidazole rings is 1. The van der Waals surface area contributed by atoms with E-state index in [0.29, 0.717) is 17.0 Å². The summed E-state index contributed by atoms with van der Waals surface area (Å²) in [7, 11) is -3.26. The van der Waals surface area contributed by atoms with Crippen LogP contribution in [0.2, 0.25) is 0 Å². The van der Waals surface area contributed by atoms with E-state index < -0.39 is 22.6 Å². The monoisotopic (exact) mass is 463 g/mol. The minimum atomic E-state index is -3.26. The molecule has 2 heterocycles. The Bertz CT molecular complexity index is 1250. The number of carbonyl (C=O) groups is 2. The number of ketones is 1. The number of sulfonamides is 1. The van der Waals surface area contributed by atoms with Crippen LogP contribution in [-0.2, 0) is 21.2 Å². The molecule has 0 bridgehead atoms. The molecule has 0 amide bonds. The third kappa shape index (κ3) is 6.00. The maximum Gasteiger partial charge on any atom is 0.338 e. The number of hydrogen-bond acceptors (Lipinski definition) is 7. The summed E-state index contributed by atoms with van der Waals surface area (Å²) < 4.78 is 31.1. The summed E-state index contributed by atoms with van der Waals surface area (Å²) in [6, 6.07) is 9.67. The Labute approximate surface area is 182 Å². The van der Waals surface area contributed by atoms with E-state index in [0.717, 1.165) is 16.8 Å². The average molecular weight is 464 g/mol. The molecular weight excluding hydrogens is 442 g/mol. The number of nitrogens with zero attached hydrogens (tertiary/aromatic N) is 1. The van der Waals surface area contributed by atoms with Crippen molar-refractivity contribution in [2.45, 2.75) is 13.3 Å². The van der Waals surface area contributed by atoms with Crippen molar-refractivity contribution in [2.24, 2.45) is 0 Å². The molecule has 0 aliphatic carbocycles. The fourth-order valence-corrected chi connectivity index (χ4v) is 4.23. The minimum Gasteiger partial charge on any atom is -0.454 e. The molecule has 0 unspecified atom stereocenters. The molecule has 9 nitrogen and oxygen atoms in total. The van der Waals surface area contributed by atoms with Gasteiger partial charge in [-0.25, -0.2) is 22.7 Å². The lowest BCUT2D eigenvalue weighted by Gasteiger charge is -2.06. The molecule has 0 saturated carbocycles. The minimum absolute atomic E-state index is 0.242. The number of nitrogens with one attached hydrogen (secondary N) is 2. The molecule has 3 rings (SSSR count). The molecule has 0 radical (unpaired) electrons.